The quantitative estimate of drug-likeness (QED) is 0.795. The van der Waals surface area contributed by atoms with E-state index in [1.807, 2.05) is 11.8 Å². The minimum absolute atomic E-state index is 0.532. The largest absolute Gasteiger partial charge is 0.356 e. The molecule has 1 aromatic rings. The molecule has 4 heteroatoms. The maximum Gasteiger partial charge on any atom is 0.129 e. The molecule has 0 saturated heterocycles. The van der Waals surface area contributed by atoms with E-state index in [0.717, 1.165) is 36.5 Å². The molecule has 0 aliphatic rings. The van der Waals surface area contributed by atoms with Crippen LogP contribution in [-0.2, 0) is 13.0 Å². The second-order valence-electron chi connectivity index (χ2n) is 4.91. The van der Waals surface area contributed by atoms with Crippen LogP contribution in [0.3, 0.4) is 0 Å². The molecule has 1 atom stereocenters. The molecule has 108 valence electrons. The average molecular weight is 281 g/mol. The fourth-order valence-electron chi connectivity index (χ4n) is 2.20. The Bertz CT molecular complexity index is 382. The predicted molar refractivity (Wildman–Crippen MR) is 87.0 cm³/mol. The van der Waals surface area contributed by atoms with Crippen molar-refractivity contribution < 1.29 is 0 Å². The van der Waals surface area contributed by atoms with Crippen LogP contribution in [0.15, 0.2) is 12.1 Å². The summed E-state index contributed by atoms with van der Waals surface area (Å²) in [6.45, 7) is 5.00. The van der Waals surface area contributed by atoms with Gasteiger partial charge in [-0.2, -0.15) is 11.8 Å². The third-order valence-electron chi connectivity index (χ3n) is 3.41. The Hall–Kier alpha value is -0.740. The number of hydrogen-bond donors (Lipinski definition) is 1. The van der Waals surface area contributed by atoms with Crippen molar-refractivity contribution in [2.75, 3.05) is 24.0 Å². The molecule has 2 N–H and O–H groups in total. The lowest BCUT2D eigenvalue weighted by molar-refractivity contribution is 0.663. The summed E-state index contributed by atoms with van der Waals surface area (Å²) in [4.78, 5) is 7.08. The number of aromatic nitrogens is 1. The molecule has 0 aliphatic carbocycles. The Morgan fingerprint density at radius 2 is 2.11 bits per heavy atom. The molecule has 0 aromatic carbocycles. The molecule has 0 bridgehead atoms. The van der Waals surface area contributed by atoms with Crippen molar-refractivity contribution in [1.29, 1.82) is 0 Å². The zero-order valence-corrected chi connectivity index (χ0v) is 13.5. The van der Waals surface area contributed by atoms with E-state index < -0.39 is 0 Å². The van der Waals surface area contributed by atoms with Gasteiger partial charge < -0.3 is 10.6 Å². The fourth-order valence-corrected chi connectivity index (χ4v) is 3.04. The van der Waals surface area contributed by atoms with Crippen molar-refractivity contribution in [3.63, 3.8) is 0 Å². The van der Waals surface area contributed by atoms with E-state index in [1.165, 1.54) is 5.56 Å². The van der Waals surface area contributed by atoms with Gasteiger partial charge in [0.1, 0.15) is 5.82 Å². The highest BCUT2D eigenvalue weighted by Gasteiger charge is 2.15. The standard InChI is InChI=1S/C15H27N3S/c1-5-7-13-8-12(10-16)9-15(17-13)18(3)14(6-2)11-19-4/h8-9,14H,5-7,10-11,16H2,1-4H3. The predicted octanol–water partition coefficient (Wildman–Crippen LogP) is 3.07. The molecule has 19 heavy (non-hydrogen) atoms. The first-order valence-electron chi connectivity index (χ1n) is 7.07. The van der Waals surface area contributed by atoms with Crippen molar-refractivity contribution in [2.24, 2.45) is 5.73 Å². The zero-order chi connectivity index (χ0) is 14.3. The molecule has 0 amide bonds. The monoisotopic (exact) mass is 281 g/mol. The first-order chi connectivity index (χ1) is 9.15. The molecule has 0 spiro atoms. The fraction of sp³-hybridized carbons (Fsp3) is 0.667. The number of rotatable bonds is 8. The Morgan fingerprint density at radius 1 is 1.37 bits per heavy atom. The normalized spacial score (nSPS) is 12.5. The van der Waals surface area contributed by atoms with Gasteiger partial charge >= 0.3 is 0 Å². The Labute approximate surface area is 122 Å². The summed E-state index contributed by atoms with van der Waals surface area (Å²) in [5.41, 5.74) is 8.14. The van der Waals surface area contributed by atoms with Gasteiger partial charge in [0.15, 0.2) is 0 Å². The van der Waals surface area contributed by atoms with Crippen LogP contribution < -0.4 is 10.6 Å². The molecule has 0 fully saturated rings. The molecule has 0 radical (unpaired) electrons. The van der Waals surface area contributed by atoms with Crippen LogP contribution in [-0.4, -0.2) is 30.1 Å². The molecule has 1 heterocycles. The van der Waals surface area contributed by atoms with E-state index in [9.17, 15) is 0 Å². The lowest BCUT2D eigenvalue weighted by Gasteiger charge is -2.28. The van der Waals surface area contributed by atoms with Crippen molar-refractivity contribution in [3.8, 4) is 0 Å². The van der Waals surface area contributed by atoms with Gasteiger partial charge in [-0.05, 0) is 36.8 Å². The van der Waals surface area contributed by atoms with Gasteiger partial charge in [0.2, 0.25) is 0 Å². The van der Waals surface area contributed by atoms with Crippen LogP contribution in [0.25, 0.3) is 0 Å². The second-order valence-corrected chi connectivity index (χ2v) is 5.82. The number of nitrogens with two attached hydrogens (primary N) is 1. The molecule has 0 saturated carbocycles. The minimum Gasteiger partial charge on any atom is -0.356 e. The van der Waals surface area contributed by atoms with E-state index in [-0.39, 0.29) is 0 Å². The maximum atomic E-state index is 5.80. The average Bonchev–Trinajstić information content (AvgIpc) is 2.44. The summed E-state index contributed by atoms with van der Waals surface area (Å²) in [6, 6.07) is 4.79. The van der Waals surface area contributed by atoms with Crippen LogP contribution in [0.1, 0.15) is 37.9 Å². The first-order valence-corrected chi connectivity index (χ1v) is 8.47. The van der Waals surface area contributed by atoms with Gasteiger partial charge in [0.05, 0.1) is 0 Å². The summed E-state index contributed by atoms with van der Waals surface area (Å²) >= 11 is 1.89. The second kappa shape index (κ2) is 8.43. The van der Waals surface area contributed by atoms with Crippen molar-refractivity contribution >= 4 is 17.6 Å². The summed E-state index contributed by atoms with van der Waals surface area (Å²) in [6.07, 6.45) is 5.43. The van der Waals surface area contributed by atoms with Crippen molar-refractivity contribution in [2.45, 2.75) is 45.7 Å². The highest BCUT2D eigenvalue weighted by Crippen LogP contribution is 2.20. The van der Waals surface area contributed by atoms with Gasteiger partial charge in [-0.1, -0.05) is 20.3 Å². The first kappa shape index (κ1) is 16.3. The van der Waals surface area contributed by atoms with Crippen molar-refractivity contribution in [3.05, 3.63) is 23.4 Å². The Balaban J connectivity index is 2.99. The minimum atomic E-state index is 0.532. The molecule has 1 unspecified atom stereocenters. The number of thioether (sulfide) groups is 1. The van der Waals surface area contributed by atoms with Crippen LogP contribution >= 0.6 is 11.8 Å². The number of hydrogen-bond acceptors (Lipinski definition) is 4. The SMILES string of the molecule is CCCc1cc(CN)cc(N(C)C(CC)CSC)n1. The highest BCUT2D eigenvalue weighted by molar-refractivity contribution is 7.98. The summed E-state index contributed by atoms with van der Waals surface area (Å²) in [5, 5.41) is 0. The molecule has 3 nitrogen and oxygen atoms in total. The van der Waals surface area contributed by atoms with E-state index in [0.29, 0.717) is 12.6 Å². The molecular weight excluding hydrogens is 254 g/mol. The molecule has 1 aromatic heterocycles. The van der Waals surface area contributed by atoms with Crippen LogP contribution in [0, 0.1) is 0 Å². The lowest BCUT2D eigenvalue weighted by Crippen LogP contribution is -2.34. The third-order valence-corrected chi connectivity index (χ3v) is 4.12. The molecule has 1 rings (SSSR count). The van der Waals surface area contributed by atoms with E-state index in [2.05, 4.69) is 44.2 Å². The van der Waals surface area contributed by atoms with E-state index >= 15 is 0 Å². The topological polar surface area (TPSA) is 42.1 Å². The number of aryl methyl sites for hydroxylation is 1. The smallest absolute Gasteiger partial charge is 0.129 e. The number of pyridine rings is 1. The zero-order valence-electron chi connectivity index (χ0n) is 12.6. The lowest BCUT2D eigenvalue weighted by atomic mass is 10.1. The maximum absolute atomic E-state index is 5.80. The molecule has 0 aliphatic heterocycles. The Kier molecular flexibility index (Phi) is 7.24. The summed E-state index contributed by atoms with van der Waals surface area (Å²) in [5.74, 6) is 2.19. The van der Waals surface area contributed by atoms with Gasteiger partial charge in [-0.15, -0.1) is 0 Å². The van der Waals surface area contributed by atoms with Crippen LogP contribution in [0.5, 0.6) is 0 Å². The van der Waals surface area contributed by atoms with Crippen LogP contribution in [0.4, 0.5) is 5.82 Å². The number of nitrogens with zero attached hydrogens (tertiary/aromatic N) is 2. The van der Waals surface area contributed by atoms with E-state index in [1.54, 1.807) is 0 Å². The summed E-state index contributed by atoms with van der Waals surface area (Å²) < 4.78 is 0. The molecular formula is C15H27N3S. The van der Waals surface area contributed by atoms with Gasteiger partial charge in [0.25, 0.3) is 0 Å². The highest BCUT2D eigenvalue weighted by atomic mass is 32.2. The van der Waals surface area contributed by atoms with Gasteiger partial charge in [-0.3, -0.25) is 0 Å². The van der Waals surface area contributed by atoms with E-state index in [4.69, 9.17) is 10.7 Å². The van der Waals surface area contributed by atoms with Crippen molar-refractivity contribution in [1.82, 2.24) is 4.98 Å². The number of anilines is 1. The third kappa shape index (κ3) is 4.69. The summed E-state index contributed by atoms with van der Waals surface area (Å²) in [7, 11) is 2.14. The Morgan fingerprint density at radius 3 is 2.63 bits per heavy atom. The van der Waals surface area contributed by atoms with Gasteiger partial charge in [0, 0.05) is 31.1 Å². The van der Waals surface area contributed by atoms with Gasteiger partial charge in [-0.25, -0.2) is 4.98 Å². The van der Waals surface area contributed by atoms with Crippen LogP contribution in [0.2, 0.25) is 0 Å².